The maximum atomic E-state index is 12.3. The van der Waals surface area contributed by atoms with Gasteiger partial charge in [-0.2, -0.15) is 5.10 Å². The van der Waals surface area contributed by atoms with Crippen molar-refractivity contribution in [2.75, 3.05) is 11.9 Å². The molecule has 1 aromatic rings. The summed E-state index contributed by atoms with van der Waals surface area (Å²) in [5.41, 5.74) is 0.997. The fourth-order valence-corrected chi connectivity index (χ4v) is 2.35. The Bertz CT molecular complexity index is 598. The van der Waals surface area contributed by atoms with Crippen LogP contribution in [0.5, 0.6) is 0 Å². The summed E-state index contributed by atoms with van der Waals surface area (Å²) < 4.78 is 0. The summed E-state index contributed by atoms with van der Waals surface area (Å²) in [5, 5.41) is 8.68. The first kappa shape index (κ1) is 15.5. The minimum atomic E-state index is -0.875. The van der Waals surface area contributed by atoms with Gasteiger partial charge in [-0.3, -0.25) is 9.59 Å². The van der Waals surface area contributed by atoms with E-state index in [1.165, 1.54) is 5.01 Å². The second-order valence-electron chi connectivity index (χ2n) is 5.46. The third-order valence-corrected chi connectivity index (χ3v) is 3.46. The molecule has 5 nitrogen and oxygen atoms in total. The monoisotopic (exact) mass is 307 g/mol. The highest BCUT2D eigenvalue weighted by Crippen LogP contribution is 2.23. The molecule has 1 unspecified atom stereocenters. The predicted octanol–water partition coefficient (Wildman–Crippen LogP) is 2.77. The van der Waals surface area contributed by atoms with E-state index in [1.54, 1.807) is 31.2 Å². The summed E-state index contributed by atoms with van der Waals surface area (Å²) in [7, 11) is 0. The summed E-state index contributed by atoms with van der Waals surface area (Å²) >= 11 is 6.00. The van der Waals surface area contributed by atoms with Crippen LogP contribution in [0.4, 0.5) is 5.69 Å². The van der Waals surface area contributed by atoms with Crippen LogP contribution in [-0.4, -0.2) is 29.1 Å². The number of rotatable bonds is 4. The quantitative estimate of drug-likeness (QED) is 0.869. The van der Waals surface area contributed by atoms with E-state index in [9.17, 15) is 9.59 Å². The molecule has 0 saturated carbocycles. The third-order valence-electron chi connectivity index (χ3n) is 3.13. The molecular weight excluding hydrogens is 290 g/mol. The average molecular weight is 308 g/mol. The Kier molecular flexibility index (Phi) is 4.63. The van der Waals surface area contributed by atoms with E-state index in [2.05, 4.69) is 10.4 Å². The molecule has 21 heavy (non-hydrogen) atoms. The topological polar surface area (TPSA) is 61.8 Å². The maximum Gasteiger partial charge on any atom is 0.261 e. The van der Waals surface area contributed by atoms with Gasteiger partial charge in [0.1, 0.15) is 0 Å². The van der Waals surface area contributed by atoms with Crippen molar-refractivity contribution >= 4 is 34.8 Å². The summed E-state index contributed by atoms with van der Waals surface area (Å²) in [6.07, 6.45) is 0. The molecule has 0 aliphatic carbocycles. The van der Waals surface area contributed by atoms with Crippen LogP contribution in [0.1, 0.15) is 20.8 Å². The van der Waals surface area contributed by atoms with Crippen molar-refractivity contribution < 1.29 is 9.59 Å². The lowest BCUT2D eigenvalue weighted by molar-refractivity contribution is -0.136. The smallest absolute Gasteiger partial charge is 0.261 e. The molecule has 1 heterocycles. The van der Waals surface area contributed by atoms with E-state index in [-0.39, 0.29) is 11.8 Å². The zero-order valence-corrected chi connectivity index (χ0v) is 13.0. The molecular formula is C15H18ClN3O2. The number of para-hydroxylation sites is 1. The van der Waals surface area contributed by atoms with Crippen LogP contribution in [0.25, 0.3) is 0 Å². The van der Waals surface area contributed by atoms with Crippen molar-refractivity contribution in [3.05, 3.63) is 29.3 Å². The molecule has 2 rings (SSSR count). The van der Waals surface area contributed by atoms with Gasteiger partial charge in [-0.05, 0) is 25.0 Å². The molecule has 2 amide bonds. The number of carbonyl (C=O) groups is 2. The summed E-state index contributed by atoms with van der Waals surface area (Å²) in [4.78, 5) is 24.6. The molecule has 1 aromatic carbocycles. The highest BCUT2D eigenvalue weighted by molar-refractivity contribution is 6.34. The van der Waals surface area contributed by atoms with Gasteiger partial charge in [0, 0.05) is 6.54 Å². The first-order chi connectivity index (χ1) is 9.90. The first-order valence-corrected chi connectivity index (χ1v) is 7.19. The van der Waals surface area contributed by atoms with Crippen LogP contribution in [0, 0.1) is 11.8 Å². The normalized spacial score (nSPS) is 18.1. The fraction of sp³-hybridized carbons (Fsp3) is 0.400. The molecule has 0 bridgehead atoms. The fourth-order valence-electron chi connectivity index (χ4n) is 2.17. The Morgan fingerprint density at radius 3 is 2.71 bits per heavy atom. The number of hydrogen-bond acceptors (Lipinski definition) is 3. The molecule has 0 saturated heterocycles. The first-order valence-electron chi connectivity index (χ1n) is 6.82. The molecule has 0 aromatic heterocycles. The average Bonchev–Trinajstić information content (AvgIpc) is 2.66. The van der Waals surface area contributed by atoms with E-state index in [0.29, 0.717) is 23.0 Å². The Balaban J connectivity index is 2.12. The summed E-state index contributed by atoms with van der Waals surface area (Å²) in [6, 6.07) is 6.91. The summed E-state index contributed by atoms with van der Waals surface area (Å²) in [5.74, 6) is -1.28. The van der Waals surface area contributed by atoms with Crippen molar-refractivity contribution in [2.45, 2.75) is 20.8 Å². The van der Waals surface area contributed by atoms with Crippen LogP contribution in [0.2, 0.25) is 5.02 Å². The highest BCUT2D eigenvalue weighted by Gasteiger charge is 2.39. The Morgan fingerprint density at radius 1 is 1.43 bits per heavy atom. The molecule has 112 valence electrons. The number of anilines is 1. The van der Waals surface area contributed by atoms with Gasteiger partial charge in [0.2, 0.25) is 5.91 Å². The number of amides is 2. The molecule has 0 spiro atoms. The second kappa shape index (κ2) is 6.26. The maximum absolute atomic E-state index is 12.3. The standard InChI is InChI=1S/C15H18ClN3O2/c1-9(2)8-19-15(21)13(10(3)18-19)14(20)17-12-7-5-4-6-11(12)16/h4-7,9,13H,8H2,1-3H3,(H,17,20). The van der Waals surface area contributed by atoms with Gasteiger partial charge in [-0.15, -0.1) is 0 Å². The van der Waals surface area contributed by atoms with Gasteiger partial charge in [0.05, 0.1) is 16.4 Å². The van der Waals surface area contributed by atoms with Gasteiger partial charge in [-0.1, -0.05) is 37.6 Å². The molecule has 0 fully saturated rings. The van der Waals surface area contributed by atoms with Crippen LogP contribution in [0.3, 0.4) is 0 Å². The van der Waals surface area contributed by atoms with Gasteiger partial charge >= 0.3 is 0 Å². The molecule has 1 N–H and O–H groups in total. The van der Waals surface area contributed by atoms with E-state index in [4.69, 9.17) is 11.6 Å². The number of carbonyl (C=O) groups excluding carboxylic acids is 2. The van der Waals surface area contributed by atoms with Crippen molar-refractivity contribution in [3.63, 3.8) is 0 Å². The number of hydrogen-bond donors (Lipinski definition) is 1. The highest BCUT2D eigenvalue weighted by atomic mass is 35.5. The number of nitrogens with zero attached hydrogens (tertiary/aromatic N) is 2. The minimum Gasteiger partial charge on any atom is -0.324 e. The largest absolute Gasteiger partial charge is 0.324 e. The van der Waals surface area contributed by atoms with E-state index < -0.39 is 11.8 Å². The summed E-state index contributed by atoms with van der Waals surface area (Å²) in [6.45, 7) is 6.19. The van der Waals surface area contributed by atoms with Crippen LogP contribution >= 0.6 is 11.6 Å². The van der Waals surface area contributed by atoms with Gasteiger partial charge in [0.25, 0.3) is 5.91 Å². The van der Waals surface area contributed by atoms with Crippen molar-refractivity contribution in [1.82, 2.24) is 5.01 Å². The Hall–Kier alpha value is -1.88. The van der Waals surface area contributed by atoms with Crippen molar-refractivity contribution in [3.8, 4) is 0 Å². The zero-order chi connectivity index (χ0) is 15.6. The molecule has 6 heteroatoms. The number of benzene rings is 1. The Labute approximate surface area is 129 Å². The van der Waals surface area contributed by atoms with Gasteiger partial charge in [-0.25, -0.2) is 5.01 Å². The van der Waals surface area contributed by atoms with E-state index in [0.717, 1.165) is 0 Å². The molecule has 1 aliphatic rings. The van der Waals surface area contributed by atoms with Crippen LogP contribution < -0.4 is 5.32 Å². The number of hydrazone groups is 1. The lowest BCUT2D eigenvalue weighted by Crippen LogP contribution is -2.37. The number of halogens is 1. The second-order valence-corrected chi connectivity index (χ2v) is 5.86. The van der Waals surface area contributed by atoms with E-state index >= 15 is 0 Å². The number of nitrogens with one attached hydrogen (secondary N) is 1. The molecule has 0 radical (unpaired) electrons. The molecule has 1 aliphatic heterocycles. The molecule has 1 atom stereocenters. The van der Waals surface area contributed by atoms with Gasteiger partial charge in [0.15, 0.2) is 5.92 Å². The van der Waals surface area contributed by atoms with E-state index in [1.807, 2.05) is 13.8 Å². The van der Waals surface area contributed by atoms with Crippen LogP contribution in [-0.2, 0) is 9.59 Å². The third kappa shape index (κ3) is 3.42. The lowest BCUT2D eigenvalue weighted by atomic mass is 10.0. The predicted molar refractivity (Wildman–Crippen MR) is 83.2 cm³/mol. The van der Waals surface area contributed by atoms with Gasteiger partial charge < -0.3 is 5.32 Å². The minimum absolute atomic E-state index is 0.286. The lowest BCUT2D eigenvalue weighted by Gasteiger charge is -2.16. The van der Waals surface area contributed by atoms with Crippen molar-refractivity contribution in [1.29, 1.82) is 0 Å². The zero-order valence-electron chi connectivity index (χ0n) is 12.3. The Morgan fingerprint density at radius 2 is 2.10 bits per heavy atom. The van der Waals surface area contributed by atoms with Crippen molar-refractivity contribution in [2.24, 2.45) is 16.9 Å². The SMILES string of the molecule is CC1=NN(CC(C)C)C(=O)C1C(=O)Nc1ccccc1Cl. The van der Waals surface area contributed by atoms with Crippen LogP contribution in [0.15, 0.2) is 29.4 Å².